The van der Waals surface area contributed by atoms with E-state index >= 15 is 0 Å². The van der Waals surface area contributed by atoms with Crippen molar-refractivity contribution in [1.82, 2.24) is 5.32 Å². The first-order valence-electron chi connectivity index (χ1n) is 3.19. The van der Waals surface area contributed by atoms with Crippen LogP contribution in [0.25, 0.3) is 0 Å². The number of amides is 1. The summed E-state index contributed by atoms with van der Waals surface area (Å²) in [5, 5.41) is 2.34. The van der Waals surface area contributed by atoms with Gasteiger partial charge in [0.1, 0.15) is 6.04 Å². The zero-order valence-electron chi connectivity index (χ0n) is 6.99. The summed E-state index contributed by atoms with van der Waals surface area (Å²) < 4.78 is 4.36. The number of esters is 1. The summed E-state index contributed by atoms with van der Waals surface area (Å²) >= 11 is 0. The lowest BCUT2D eigenvalue weighted by atomic mass is 10.3. The average Bonchev–Trinajstić information content (AvgIpc) is 2.02. The molecule has 0 aromatic carbocycles. The molecule has 3 N–H and O–H groups in total. The highest BCUT2D eigenvalue weighted by Gasteiger charge is 2.13. The van der Waals surface area contributed by atoms with Crippen LogP contribution in [0.3, 0.4) is 0 Å². The van der Waals surface area contributed by atoms with Crippen molar-refractivity contribution in [1.29, 1.82) is 0 Å². The first-order chi connectivity index (χ1) is 5.11. The van der Waals surface area contributed by atoms with E-state index in [0.29, 0.717) is 0 Å². The minimum atomic E-state index is -0.629. The van der Waals surface area contributed by atoms with Crippen LogP contribution in [-0.2, 0) is 14.3 Å². The number of hydrogen-bond donors (Lipinski definition) is 2. The van der Waals surface area contributed by atoms with Gasteiger partial charge in [-0.1, -0.05) is 0 Å². The van der Waals surface area contributed by atoms with E-state index in [0.717, 1.165) is 0 Å². The number of carbonyl (C=O) groups is 2. The average molecular weight is 197 g/mol. The Balaban J connectivity index is 0. The van der Waals surface area contributed by atoms with Crippen molar-refractivity contribution in [3.8, 4) is 0 Å². The molecule has 1 amide bonds. The van der Waals surface area contributed by atoms with Crippen molar-refractivity contribution in [3.05, 3.63) is 0 Å². The Morgan fingerprint density at radius 3 is 2.42 bits per heavy atom. The number of halogens is 1. The normalized spacial score (nSPS) is 10.9. The predicted molar refractivity (Wildman–Crippen MR) is 45.9 cm³/mol. The van der Waals surface area contributed by atoms with Crippen molar-refractivity contribution in [2.45, 2.75) is 13.0 Å². The topological polar surface area (TPSA) is 81.4 Å². The van der Waals surface area contributed by atoms with E-state index in [1.165, 1.54) is 14.0 Å². The molecular weight excluding hydrogens is 184 g/mol. The summed E-state index contributed by atoms with van der Waals surface area (Å²) in [6, 6.07) is -0.629. The molecule has 0 aromatic rings. The Morgan fingerprint density at radius 2 is 2.08 bits per heavy atom. The monoisotopic (exact) mass is 196 g/mol. The molecule has 0 saturated heterocycles. The molecule has 0 aliphatic heterocycles. The summed E-state index contributed by atoms with van der Waals surface area (Å²) in [7, 11) is 1.26. The van der Waals surface area contributed by atoms with Gasteiger partial charge in [0, 0.05) is 0 Å². The van der Waals surface area contributed by atoms with E-state index in [-0.39, 0.29) is 24.9 Å². The molecule has 6 heteroatoms. The lowest BCUT2D eigenvalue weighted by Gasteiger charge is -2.09. The predicted octanol–water partition coefficient (Wildman–Crippen LogP) is -0.955. The van der Waals surface area contributed by atoms with Gasteiger partial charge in [-0.3, -0.25) is 4.79 Å². The number of nitrogens with one attached hydrogen (secondary N) is 1. The standard InChI is InChI=1S/C6H12N2O3.ClH/c1-4(6(10)11-2)8-5(9)3-7;/h4H,3,7H2,1-2H3,(H,8,9);1H/t4-;/m0./s1. The highest BCUT2D eigenvalue weighted by atomic mass is 35.5. The molecule has 1 atom stereocenters. The third kappa shape index (κ3) is 4.92. The van der Waals surface area contributed by atoms with Crippen molar-refractivity contribution in [2.24, 2.45) is 5.73 Å². The molecule has 0 aliphatic rings. The molecule has 12 heavy (non-hydrogen) atoms. The quantitative estimate of drug-likeness (QED) is 0.570. The van der Waals surface area contributed by atoms with Crippen molar-refractivity contribution in [2.75, 3.05) is 13.7 Å². The van der Waals surface area contributed by atoms with Crippen LogP contribution in [0.5, 0.6) is 0 Å². The fraction of sp³-hybridized carbons (Fsp3) is 0.667. The molecule has 0 bridgehead atoms. The van der Waals surface area contributed by atoms with Gasteiger partial charge in [-0.25, -0.2) is 4.79 Å². The molecule has 0 unspecified atom stereocenters. The number of methoxy groups -OCH3 is 1. The van der Waals surface area contributed by atoms with E-state index in [2.05, 4.69) is 10.1 Å². The zero-order valence-corrected chi connectivity index (χ0v) is 7.81. The molecule has 0 aromatic heterocycles. The van der Waals surface area contributed by atoms with Gasteiger partial charge < -0.3 is 15.8 Å². The minimum absolute atomic E-state index is 0. The van der Waals surface area contributed by atoms with Crippen LogP contribution >= 0.6 is 12.4 Å². The molecule has 72 valence electrons. The largest absolute Gasteiger partial charge is 0.467 e. The van der Waals surface area contributed by atoms with Crippen LogP contribution in [0.15, 0.2) is 0 Å². The highest BCUT2D eigenvalue weighted by Crippen LogP contribution is 1.84. The van der Waals surface area contributed by atoms with Crippen molar-refractivity contribution >= 4 is 24.3 Å². The number of rotatable bonds is 3. The third-order valence-corrected chi connectivity index (χ3v) is 1.12. The molecule has 5 nitrogen and oxygen atoms in total. The summed E-state index contributed by atoms with van der Waals surface area (Å²) in [6.07, 6.45) is 0. The lowest BCUT2D eigenvalue weighted by Crippen LogP contribution is -2.42. The Hall–Kier alpha value is -0.810. The van der Waals surface area contributed by atoms with E-state index in [1.54, 1.807) is 0 Å². The van der Waals surface area contributed by atoms with Crippen LogP contribution < -0.4 is 11.1 Å². The van der Waals surface area contributed by atoms with Gasteiger partial charge in [0.05, 0.1) is 13.7 Å². The molecule has 0 rings (SSSR count). The van der Waals surface area contributed by atoms with Crippen LogP contribution in [0.4, 0.5) is 0 Å². The van der Waals surface area contributed by atoms with Gasteiger partial charge in [0.25, 0.3) is 0 Å². The SMILES string of the molecule is COC(=O)[C@H](C)NC(=O)CN.Cl. The van der Waals surface area contributed by atoms with Crippen LogP contribution in [0.1, 0.15) is 6.92 Å². The maximum absolute atomic E-state index is 10.7. The van der Waals surface area contributed by atoms with Crippen molar-refractivity contribution in [3.63, 3.8) is 0 Å². The number of ether oxygens (including phenoxy) is 1. The van der Waals surface area contributed by atoms with Gasteiger partial charge in [0.2, 0.25) is 5.91 Å². The maximum atomic E-state index is 10.7. The summed E-state index contributed by atoms with van der Waals surface area (Å²) in [5.74, 6) is -0.852. The summed E-state index contributed by atoms with van der Waals surface area (Å²) in [6.45, 7) is 1.40. The van der Waals surface area contributed by atoms with E-state index in [4.69, 9.17) is 5.73 Å². The second-order valence-corrected chi connectivity index (χ2v) is 2.02. The van der Waals surface area contributed by atoms with Crippen LogP contribution in [-0.4, -0.2) is 31.6 Å². The maximum Gasteiger partial charge on any atom is 0.328 e. The van der Waals surface area contributed by atoms with Gasteiger partial charge >= 0.3 is 5.97 Å². The first kappa shape index (κ1) is 13.8. The second-order valence-electron chi connectivity index (χ2n) is 2.02. The van der Waals surface area contributed by atoms with E-state index < -0.39 is 12.0 Å². The first-order valence-corrected chi connectivity index (χ1v) is 3.19. The molecule has 0 aliphatic carbocycles. The van der Waals surface area contributed by atoms with Crippen LogP contribution in [0, 0.1) is 0 Å². The smallest absolute Gasteiger partial charge is 0.328 e. The Kier molecular flexibility index (Phi) is 7.88. The van der Waals surface area contributed by atoms with E-state index in [9.17, 15) is 9.59 Å². The summed E-state index contributed by atoms with van der Waals surface area (Å²) in [5.41, 5.74) is 5.00. The number of carbonyl (C=O) groups excluding carboxylic acids is 2. The molecule has 0 radical (unpaired) electrons. The third-order valence-electron chi connectivity index (χ3n) is 1.12. The van der Waals surface area contributed by atoms with E-state index in [1.807, 2.05) is 0 Å². The number of nitrogens with two attached hydrogens (primary N) is 1. The lowest BCUT2D eigenvalue weighted by molar-refractivity contribution is -0.144. The van der Waals surface area contributed by atoms with Gasteiger partial charge in [-0.15, -0.1) is 12.4 Å². The fourth-order valence-corrected chi connectivity index (χ4v) is 0.536. The van der Waals surface area contributed by atoms with Gasteiger partial charge in [0.15, 0.2) is 0 Å². The molecule has 0 saturated carbocycles. The van der Waals surface area contributed by atoms with Gasteiger partial charge in [-0.05, 0) is 6.92 Å². The number of hydrogen-bond acceptors (Lipinski definition) is 4. The Morgan fingerprint density at radius 1 is 1.58 bits per heavy atom. The molecule has 0 heterocycles. The minimum Gasteiger partial charge on any atom is -0.467 e. The zero-order chi connectivity index (χ0) is 8.85. The Labute approximate surface area is 77.0 Å². The van der Waals surface area contributed by atoms with Crippen LogP contribution in [0.2, 0.25) is 0 Å². The molecule has 0 spiro atoms. The highest BCUT2D eigenvalue weighted by molar-refractivity contribution is 5.85. The fourth-order valence-electron chi connectivity index (χ4n) is 0.536. The second kappa shape index (κ2) is 6.87. The van der Waals surface area contributed by atoms with Crippen molar-refractivity contribution < 1.29 is 14.3 Å². The summed E-state index contributed by atoms with van der Waals surface area (Å²) in [4.78, 5) is 21.3. The molecular formula is C6H13ClN2O3. The van der Waals surface area contributed by atoms with Gasteiger partial charge in [-0.2, -0.15) is 0 Å². The molecule has 0 fully saturated rings. The Bertz CT molecular complexity index is 163.